The quantitative estimate of drug-likeness (QED) is 0.892. The number of rotatable bonds is 5. The molecule has 2 aliphatic rings. The molecule has 0 amide bonds. The van der Waals surface area contributed by atoms with Gasteiger partial charge in [-0.3, -0.25) is 0 Å². The average molecular weight is 274 g/mol. The highest BCUT2D eigenvalue weighted by Gasteiger charge is 2.20. The zero-order valence-electron chi connectivity index (χ0n) is 12.5. The van der Waals surface area contributed by atoms with Crippen LogP contribution < -0.4 is 10.1 Å². The maximum absolute atomic E-state index is 5.85. The van der Waals surface area contributed by atoms with E-state index in [9.17, 15) is 0 Å². The number of benzene rings is 1. The molecule has 1 N–H and O–H groups in total. The molecular weight excluding hydrogens is 248 g/mol. The van der Waals surface area contributed by atoms with E-state index in [0.29, 0.717) is 12.0 Å². The van der Waals surface area contributed by atoms with E-state index in [1.54, 1.807) is 0 Å². The van der Waals surface area contributed by atoms with Crippen molar-refractivity contribution in [3.63, 3.8) is 0 Å². The number of fused-ring (bicyclic) bond motifs is 1. The van der Waals surface area contributed by atoms with Crippen molar-refractivity contribution >= 4 is 0 Å². The van der Waals surface area contributed by atoms with Crippen molar-refractivity contribution in [1.29, 1.82) is 0 Å². The standard InChI is InChI=1S/C17H26N2O/c1-14(12-19-8-4-5-9-19)18-11-15-10-16-6-2-3-7-17(16)20-13-15/h2-3,6-7,14-15,18H,4-5,8-13H2,1H3. The summed E-state index contributed by atoms with van der Waals surface area (Å²) in [5.74, 6) is 1.68. The van der Waals surface area contributed by atoms with Crippen LogP contribution in [0.25, 0.3) is 0 Å². The summed E-state index contributed by atoms with van der Waals surface area (Å²) in [6.07, 6.45) is 3.89. The number of hydrogen-bond donors (Lipinski definition) is 1. The van der Waals surface area contributed by atoms with Gasteiger partial charge in [-0.15, -0.1) is 0 Å². The van der Waals surface area contributed by atoms with Crippen molar-refractivity contribution in [1.82, 2.24) is 10.2 Å². The van der Waals surface area contributed by atoms with Gasteiger partial charge < -0.3 is 15.0 Å². The van der Waals surface area contributed by atoms with Crippen LogP contribution in [0.2, 0.25) is 0 Å². The Morgan fingerprint density at radius 2 is 2.10 bits per heavy atom. The third-order valence-corrected chi connectivity index (χ3v) is 4.44. The molecular formula is C17H26N2O. The molecule has 0 spiro atoms. The second-order valence-corrected chi connectivity index (χ2v) is 6.31. The monoisotopic (exact) mass is 274 g/mol. The van der Waals surface area contributed by atoms with Gasteiger partial charge in [0.05, 0.1) is 6.61 Å². The first kappa shape index (κ1) is 13.9. The fraction of sp³-hybridized carbons (Fsp3) is 0.647. The molecule has 1 fully saturated rings. The molecule has 1 aromatic rings. The summed E-state index contributed by atoms with van der Waals surface area (Å²) < 4.78 is 5.85. The molecule has 3 rings (SSSR count). The van der Waals surface area contributed by atoms with Crippen LogP contribution in [0.4, 0.5) is 0 Å². The Morgan fingerprint density at radius 3 is 2.95 bits per heavy atom. The van der Waals surface area contributed by atoms with Crippen molar-refractivity contribution < 1.29 is 4.74 Å². The fourth-order valence-electron chi connectivity index (χ4n) is 3.31. The van der Waals surface area contributed by atoms with E-state index in [1.165, 1.54) is 38.0 Å². The largest absolute Gasteiger partial charge is 0.493 e. The fourth-order valence-corrected chi connectivity index (χ4v) is 3.31. The van der Waals surface area contributed by atoms with Crippen molar-refractivity contribution in [3.05, 3.63) is 29.8 Å². The Bertz CT molecular complexity index is 429. The Hall–Kier alpha value is -1.06. The summed E-state index contributed by atoms with van der Waals surface area (Å²) in [6, 6.07) is 9.00. The summed E-state index contributed by atoms with van der Waals surface area (Å²) in [5, 5.41) is 3.69. The molecule has 1 saturated heterocycles. The first-order valence-corrected chi connectivity index (χ1v) is 7.97. The van der Waals surface area contributed by atoms with Gasteiger partial charge in [0.15, 0.2) is 0 Å². The molecule has 0 saturated carbocycles. The van der Waals surface area contributed by atoms with Crippen LogP contribution in [-0.4, -0.2) is 43.7 Å². The van der Waals surface area contributed by atoms with Crippen molar-refractivity contribution in [2.75, 3.05) is 32.8 Å². The van der Waals surface area contributed by atoms with E-state index in [1.807, 2.05) is 0 Å². The lowest BCUT2D eigenvalue weighted by Gasteiger charge is -2.28. The number of likely N-dealkylation sites (tertiary alicyclic amines) is 1. The minimum Gasteiger partial charge on any atom is -0.493 e. The van der Waals surface area contributed by atoms with Crippen molar-refractivity contribution in [2.45, 2.75) is 32.2 Å². The van der Waals surface area contributed by atoms with Crippen LogP contribution in [-0.2, 0) is 6.42 Å². The maximum atomic E-state index is 5.85. The molecule has 3 nitrogen and oxygen atoms in total. The molecule has 2 atom stereocenters. The highest BCUT2D eigenvalue weighted by Crippen LogP contribution is 2.26. The minimum atomic E-state index is 0.574. The molecule has 0 radical (unpaired) electrons. The van der Waals surface area contributed by atoms with Gasteiger partial charge >= 0.3 is 0 Å². The average Bonchev–Trinajstić information content (AvgIpc) is 2.98. The molecule has 0 bridgehead atoms. The van der Waals surface area contributed by atoms with Gasteiger partial charge in [-0.25, -0.2) is 0 Å². The molecule has 0 aromatic heterocycles. The van der Waals surface area contributed by atoms with Gasteiger partial charge in [0.1, 0.15) is 5.75 Å². The SMILES string of the molecule is CC(CN1CCCC1)NCC1COc2ccccc2C1. The van der Waals surface area contributed by atoms with E-state index in [-0.39, 0.29) is 0 Å². The summed E-state index contributed by atoms with van der Waals surface area (Å²) in [6.45, 7) is 7.96. The predicted molar refractivity (Wildman–Crippen MR) is 82.3 cm³/mol. The van der Waals surface area contributed by atoms with E-state index in [0.717, 1.165) is 25.3 Å². The Kier molecular flexibility index (Phi) is 4.58. The van der Waals surface area contributed by atoms with Crippen LogP contribution in [0.1, 0.15) is 25.3 Å². The van der Waals surface area contributed by atoms with Gasteiger partial charge in [-0.1, -0.05) is 18.2 Å². The van der Waals surface area contributed by atoms with Gasteiger partial charge in [0.25, 0.3) is 0 Å². The number of hydrogen-bond acceptors (Lipinski definition) is 3. The minimum absolute atomic E-state index is 0.574. The topological polar surface area (TPSA) is 24.5 Å². The third-order valence-electron chi connectivity index (χ3n) is 4.44. The summed E-state index contributed by atoms with van der Waals surface area (Å²) in [5.41, 5.74) is 1.36. The third kappa shape index (κ3) is 3.53. The summed E-state index contributed by atoms with van der Waals surface area (Å²) in [4.78, 5) is 2.57. The maximum Gasteiger partial charge on any atom is 0.122 e. The molecule has 2 unspecified atom stereocenters. The van der Waals surface area contributed by atoms with Crippen LogP contribution in [0.3, 0.4) is 0 Å². The zero-order valence-corrected chi connectivity index (χ0v) is 12.5. The van der Waals surface area contributed by atoms with E-state index in [4.69, 9.17) is 4.74 Å². The lowest BCUT2D eigenvalue weighted by Crippen LogP contribution is -2.41. The first-order valence-electron chi connectivity index (χ1n) is 7.97. The van der Waals surface area contributed by atoms with Crippen LogP contribution in [0, 0.1) is 5.92 Å². The van der Waals surface area contributed by atoms with Gasteiger partial charge in [-0.05, 0) is 50.9 Å². The van der Waals surface area contributed by atoms with Crippen molar-refractivity contribution in [3.8, 4) is 5.75 Å². The molecule has 110 valence electrons. The Balaban J connectivity index is 1.43. The molecule has 2 aliphatic heterocycles. The van der Waals surface area contributed by atoms with Gasteiger partial charge in [0.2, 0.25) is 0 Å². The normalized spacial score (nSPS) is 24.1. The van der Waals surface area contributed by atoms with Gasteiger partial charge in [0, 0.05) is 25.0 Å². The Morgan fingerprint density at radius 1 is 1.30 bits per heavy atom. The van der Waals surface area contributed by atoms with Gasteiger partial charge in [-0.2, -0.15) is 0 Å². The molecule has 0 aliphatic carbocycles. The summed E-state index contributed by atoms with van der Waals surface area (Å²) in [7, 11) is 0. The molecule has 20 heavy (non-hydrogen) atoms. The van der Waals surface area contributed by atoms with E-state index in [2.05, 4.69) is 41.4 Å². The van der Waals surface area contributed by atoms with Crippen LogP contribution >= 0.6 is 0 Å². The smallest absolute Gasteiger partial charge is 0.122 e. The summed E-state index contributed by atoms with van der Waals surface area (Å²) >= 11 is 0. The first-order chi connectivity index (χ1) is 9.81. The Labute approximate surface area is 122 Å². The molecule has 3 heteroatoms. The van der Waals surface area contributed by atoms with Crippen molar-refractivity contribution in [2.24, 2.45) is 5.92 Å². The lowest BCUT2D eigenvalue weighted by molar-refractivity contribution is 0.209. The van der Waals surface area contributed by atoms with E-state index >= 15 is 0 Å². The second kappa shape index (κ2) is 6.59. The predicted octanol–water partition coefficient (Wildman–Crippen LogP) is 2.31. The highest BCUT2D eigenvalue weighted by molar-refractivity contribution is 5.35. The highest BCUT2D eigenvalue weighted by atomic mass is 16.5. The number of ether oxygens (including phenoxy) is 1. The van der Waals surface area contributed by atoms with Crippen LogP contribution in [0.5, 0.6) is 5.75 Å². The zero-order chi connectivity index (χ0) is 13.8. The van der Waals surface area contributed by atoms with Crippen LogP contribution in [0.15, 0.2) is 24.3 Å². The lowest BCUT2D eigenvalue weighted by atomic mass is 9.96. The second-order valence-electron chi connectivity index (χ2n) is 6.31. The number of nitrogens with zero attached hydrogens (tertiary/aromatic N) is 1. The molecule has 1 aromatic carbocycles. The number of nitrogens with one attached hydrogen (secondary N) is 1. The molecule has 2 heterocycles. The van der Waals surface area contributed by atoms with E-state index < -0.39 is 0 Å². The number of para-hydroxylation sites is 1.